The fourth-order valence-corrected chi connectivity index (χ4v) is 6.95. The summed E-state index contributed by atoms with van der Waals surface area (Å²) in [5.74, 6) is 1.40. The Bertz CT molecular complexity index is 1600. The average molecular weight is 725 g/mol. The van der Waals surface area contributed by atoms with E-state index in [0.717, 1.165) is 39.5 Å². The van der Waals surface area contributed by atoms with Crippen LogP contribution < -0.4 is 4.74 Å². The largest absolute Gasteiger partial charge is 0.493 e. The Balaban J connectivity index is 1.62. The van der Waals surface area contributed by atoms with Crippen LogP contribution in [0.2, 0.25) is 0 Å². The SMILES string of the molecule is C=C(C)C(=O)OCCCc1cc(-c2ccc(-c3ccc(C4CCC(C)CC4)cc3)cc2)cc(CCCOC(=O)C(=C)C)c1OCCC(CC)(CO)CO. The van der Waals surface area contributed by atoms with E-state index in [9.17, 15) is 19.8 Å². The molecule has 0 bridgehead atoms. The van der Waals surface area contributed by atoms with Crippen LogP contribution in [-0.4, -0.2) is 55.2 Å². The van der Waals surface area contributed by atoms with Gasteiger partial charge in [-0.1, -0.05) is 88.4 Å². The highest BCUT2D eigenvalue weighted by Gasteiger charge is 2.27. The summed E-state index contributed by atoms with van der Waals surface area (Å²) in [5, 5.41) is 20.1. The Kier molecular flexibility index (Phi) is 15.9. The molecule has 0 spiro atoms. The molecule has 1 aliphatic carbocycles. The Morgan fingerprint density at radius 3 is 1.60 bits per heavy atom. The summed E-state index contributed by atoms with van der Waals surface area (Å²) < 4.78 is 17.3. The van der Waals surface area contributed by atoms with Gasteiger partial charge in [-0.3, -0.25) is 0 Å². The van der Waals surface area contributed by atoms with Gasteiger partial charge in [-0.25, -0.2) is 9.59 Å². The first kappa shape index (κ1) is 41.6. The zero-order chi connectivity index (χ0) is 38.4. The molecule has 0 heterocycles. The van der Waals surface area contributed by atoms with Gasteiger partial charge in [-0.15, -0.1) is 0 Å². The lowest BCUT2D eigenvalue weighted by Crippen LogP contribution is -2.31. The molecule has 3 aromatic rings. The second-order valence-corrected chi connectivity index (χ2v) is 15.1. The van der Waals surface area contributed by atoms with Gasteiger partial charge in [0.2, 0.25) is 0 Å². The molecule has 4 rings (SSSR count). The molecule has 0 aliphatic heterocycles. The van der Waals surface area contributed by atoms with E-state index < -0.39 is 17.4 Å². The summed E-state index contributed by atoms with van der Waals surface area (Å²) in [5.41, 5.74) is 7.89. The molecular formula is C46H60O7. The molecule has 0 aromatic heterocycles. The minimum absolute atomic E-state index is 0.135. The van der Waals surface area contributed by atoms with E-state index in [4.69, 9.17) is 14.2 Å². The molecule has 0 atom stereocenters. The van der Waals surface area contributed by atoms with E-state index in [1.165, 1.54) is 36.8 Å². The first-order chi connectivity index (χ1) is 25.5. The first-order valence-electron chi connectivity index (χ1n) is 19.4. The van der Waals surface area contributed by atoms with Crippen LogP contribution in [0, 0.1) is 11.3 Å². The van der Waals surface area contributed by atoms with Gasteiger partial charge in [-0.2, -0.15) is 0 Å². The molecule has 1 aliphatic rings. The highest BCUT2D eigenvalue weighted by Crippen LogP contribution is 2.38. The molecule has 0 unspecified atom stereocenters. The fourth-order valence-electron chi connectivity index (χ4n) is 6.95. The second kappa shape index (κ2) is 20.3. The van der Waals surface area contributed by atoms with Gasteiger partial charge in [0.15, 0.2) is 0 Å². The van der Waals surface area contributed by atoms with Crippen molar-refractivity contribution in [2.75, 3.05) is 33.0 Å². The van der Waals surface area contributed by atoms with Crippen LogP contribution >= 0.6 is 0 Å². The van der Waals surface area contributed by atoms with Crippen LogP contribution in [0.25, 0.3) is 22.3 Å². The zero-order valence-corrected chi connectivity index (χ0v) is 32.4. The van der Waals surface area contributed by atoms with Crippen molar-refractivity contribution in [1.82, 2.24) is 0 Å². The summed E-state index contributed by atoms with van der Waals surface area (Å²) in [6, 6.07) is 22.0. The van der Waals surface area contributed by atoms with Crippen molar-refractivity contribution in [3.05, 3.63) is 102 Å². The number of carbonyl (C=O) groups is 2. The number of aliphatic hydroxyl groups excluding tert-OH is 2. The minimum Gasteiger partial charge on any atom is -0.493 e. The summed E-state index contributed by atoms with van der Waals surface area (Å²) in [6.07, 6.45) is 8.59. The van der Waals surface area contributed by atoms with Crippen molar-refractivity contribution in [3.8, 4) is 28.0 Å². The quantitative estimate of drug-likeness (QED) is 0.0680. The standard InChI is InChI=1S/C46H60O7/c1-7-46(30-47,31-48)24-27-51-43-40(10-8-25-52-44(49)32(2)3)28-42(29-41(43)11-9-26-53-45(50)33(4)5)39-22-20-38(21-23-39)37-18-16-36(17-19-37)35-14-12-34(6)13-15-35/h16-23,28-29,34-35,47-48H,2,4,7-15,24-27,30-31H2,1,3,5-6H3. The van der Waals surface area contributed by atoms with Crippen molar-refractivity contribution < 1.29 is 34.0 Å². The molecular weight excluding hydrogens is 664 g/mol. The van der Waals surface area contributed by atoms with Gasteiger partial charge in [0.1, 0.15) is 5.75 Å². The Labute approximate surface area is 317 Å². The van der Waals surface area contributed by atoms with Gasteiger partial charge in [0.05, 0.1) is 33.0 Å². The van der Waals surface area contributed by atoms with Crippen molar-refractivity contribution in [3.63, 3.8) is 0 Å². The number of rotatable bonds is 20. The van der Waals surface area contributed by atoms with Crippen molar-refractivity contribution in [2.24, 2.45) is 11.3 Å². The molecule has 1 fully saturated rings. The molecule has 0 saturated heterocycles. The normalized spacial score (nSPS) is 15.8. The molecule has 0 radical (unpaired) electrons. The van der Waals surface area contributed by atoms with Gasteiger partial charge < -0.3 is 24.4 Å². The highest BCUT2D eigenvalue weighted by atomic mass is 16.5. The second-order valence-electron chi connectivity index (χ2n) is 15.1. The summed E-state index contributed by atoms with van der Waals surface area (Å²) in [4.78, 5) is 24.1. The predicted octanol–water partition coefficient (Wildman–Crippen LogP) is 9.57. The monoisotopic (exact) mass is 724 g/mol. The number of hydrogen-bond acceptors (Lipinski definition) is 7. The maximum Gasteiger partial charge on any atom is 0.333 e. The van der Waals surface area contributed by atoms with E-state index in [2.05, 4.69) is 80.7 Å². The number of benzene rings is 3. The number of ether oxygens (including phenoxy) is 3. The van der Waals surface area contributed by atoms with E-state index in [1.54, 1.807) is 13.8 Å². The van der Waals surface area contributed by atoms with Gasteiger partial charge in [0.25, 0.3) is 0 Å². The van der Waals surface area contributed by atoms with Crippen molar-refractivity contribution >= 4 is 11.9 Å². The zero-order valence-electron chi connectivity index (χ0n) is 32.4. The molecule has 53 heavy (non-hydrogen) atoms. The average Bonchev–Trinajstić information content (AvgIpc) is 3.17. The van der Waals surface area contributed by atoms with Crippen LogP contribution in [0.5, 0.6) is 5.75 Å². The Morgan fingerprint density at radius 1 is 0.717 bits per heavy atom. The van der Waals surface area contributed by atoms with Crippen LogP contribution in [0.15, 0.2) is 85.0 Å². The first-order valence-corrected chi connectivity index (χ1v) is 19.4. The number of aryl methyl sites for hydroxylation is 2. The third kappa shape index (κ3) is 11.9. The van der Waals surface area contributed by atoms with Crippen LogP contribution in [0.3, 0.4) is 0 Å². The number of esters is 2. The van der Waals surface area contributed by atoms with Crippen molar-refractivity contribution in [2.45, 2.75) is 97.8 Å². The van der Waals surface area contributed by atoms with Crippen LogP contribution in [0.4, 0.5) is 0 Å². The molecule has 7 heteroatoms. The summed E-state index contributed by atoms with van der Waals surface area (Å²) in [7, 11) is 0. The third-order valence-electron chi connectivity index (χ3n) is 10.8. The molecule has 7 nitrogen and oxygen atoms in total. The molecule has 0 amide bonds. The van der Waals surface area contributed by atoms with E-state index in [1.807, 2.05) is 6.92 Å². The predicted molar refractivity (Wildman–Crippen MR) is 213 cm³/mol. The van der Waals surface area contributed by atoms with Crippen LogP contribution in [-0.2, 0) is 31.9 Å². The van der Waals surface area contributed by atoms with Gasteiger partial charge in [0, 0.05) is 16.6 Å². The number of aliphatic hydroxyl groups is 2. The van der Waals surface area contributed by atoms with E-state index in [-0.39, 0.29) is 26.4 Å². The number of hydrogen-bond donors (Lipinski definition) is 2. The number of carbonyl (C=O) groups excluding carboxylic acids is 2. The van der Waals surface area contributed by atoms with Gasteiger partial charge in [-0.05, 0) is 128 Å². The lowest BCUT2D eigenvalue weighted by molar-refractivity contribution is -0.139. The minimum atomic E-state index is -0.635. The Hall–Kier alpha value is -4.20. The smallest absolute Gasteiger partial charge is 0.333 e. The van der Waals surface area contributed by atoms with E-state index in [0.29, 0.717) is 62.2 Å². The Morgan fingerprint density at radius 2 is 1.17 bits per heavy atom. The fraction of sp³-hybridized carbons (Fsp3) is 0.478. The van der Waals surface area contributed by atoms with Gasteiger partial charge >= 0.3 is 11.9 Å². The molecule has 286 valence electrons. The van der Waals surface area contributed by atoms with Crippen molar-refractivity contribution in [1.29, 1.82) is 0 Å². The van der Waals surface area contributed by atoms with E-state index >= 15 is 0 Å². The highest BCUT2D eigenvalue weighted by molar-refractivity contribution is 5.87. The lowest BCUT2D eigenvalue weighted by atomic mass is 9.79. The maximum atomic E-state index is 12.1. The molecule has 1 saturated carbocycles. The lowest BCUT2D eigenvalue weighted by Gasteiger charge is -2.28. The maximum absolute atomic E-state index is 12.1. The topological polar surface area (TPSA) is 102 Å². The molecule has 2 N–H and O–H groups in total. The molecule has 3 aromatic carbocycles. The van der Waals surface area contributed by atoms with Crippen LogP contribution in [0.1, 0.15) is 102 Å². The summed E-state index contributed by atoms with van der Waals surface area (Å²) >= 11 is 0. The summed E-state index contributed by atoms with van der Waals surface area (Å²) in [6.45, 7) is 15.4. The third-order valence-corrected chi connectivity index (χ3v) is 10.8.